The Morgan fingerprint density at radius 2 is 1.88 bits per heavy atom. The van der Waals surface area contributed by atoms with Crippen molar-refractivity contribution in [1.82, 2.24) is 15.6 Å². The van der Waals surface area contributed by atoms with Crippen LogP contribution in [0.2, 0.25) is 0 Å². The minimum Gasteiger partial charge on any atom is -0.497 e. The Morgan fingerprint density at radius 1 is 1.15 bits per heavy atom. The maximum Gasteiger partial charge on any atom is 0.226 e. The highest BCUT2D eigenvalue weighted by atomic mass is 127. The molecule has 4 rings (SSSR count). The van der Waals surface area contributed by atoms with Gasteiger partial charge in [0.05, 0.1) is 20.8 Å². The van der Waals surface area contributed by atoms with Crippen molar-refractivity contribution >= 4 is 35.6 Å². The highest BCUT2D eigenvalue weighted by Gasteiger charge is 2.24. The molecule has 2 aromatic carbocycles. The first kappa shape index (κ1) is 25.7. The van der Waals surface area contributed by atoms with Gasteiger partial charge in [-0.2, -0.15) is 0 Å². The van der Waals surface area contributed by atoms with Gasteiger partial charge in [-0.25, -0.2) is 9.98 Å². The van der Waals surface area contributed by atoms with Crippen LogP contribution < -0.4 is 25.0 Å². The fourth-order valence-electron chi connectivity index (χ4n) is 3.85. The number of nitrogens with one attached hydrogen (secondary N) is 2. The van der Waals surface area contributed by atoms with Crippen LogP contribution in [0.4, 0.5) is 5.69 Å². The lowest BCUT2D eigenvalue weighted by Gasteiger charge is -2.21. The van der Waals surface area contributed by atoms with Gasteiger partial charge >= 0.3 is 0 Å². The summed E-state index contributed by atoms with van der Waals surface area (Å²) in [6, 6.07) is 16.1. The van der Waals surface area contributed by atoms with Gasteiger partial charge in [-0.1, -0.05) is 18.2 Å². The van der Waals surface area contributed by atoms with Crippen molar-refractivity contribution < 1.29 is 13.9 Å². The van der Waals surface area contributed by atoms with Gasteiger partial charge < -0.3 is 29.4 Å². The zero-order valence-electron chi connectivity index (χ0n) is 19.8. The number of oxazole rings is 1. The molecule has 0 saturated carbocycles. The Morgan fingerprint density at radius 3 is 2.56 bits per heavy atom. The Labute approximate surface area is 217 Å². The molecule has 1 aliphatic rings. The number of nitrogens with zero attached hydrogens (tertiary/aromatic N) is 3. The molecule has 0 aliphatic carbocycles. The van der Waals surface area contributed by atoms with Crippen molar-refractivity contribution in [1.29, 1.82) is 0 Å². The summed E-state index contributed by atoms with van der Waals surface area (Å²) in [5.74, 6) is 2.96. The summed E-state index contributed by atoms with van der Waals surface area (Å²) in [6.45, 7) is 5.09. The second-order valence-corrected chi connectivity index (χ2v) is 7.85. The molecule has 1 saturated heterocycles. The van der Waals surface area contributed by atoms with E-state index in [1.807, 2.05) is 48.5 Å². The molecule has 1 aromatic heterocycles. The van der Waals surface area contributed by atoms with Gasteiger partial charge in [0.25, 0.3) is 0 Å². The minimum absolute atomic E-state index is 0. The third-order valence-electron chi connectivity index (χ3n) is 5.55. The smallest absolute Gasteiger partial charge is 0.226 e. The fourth-order valence-corrected chi connectivity index (χ4v) is 3.85. The number of hydrogen-bond donors (Lipinski definition) is 2. The number of hydrogen-bond acceptors (Lipinski definition) is 6. The average Bonchev–Trinajstić information content (AvgIpc) is 3.53. The Hall–Kier alpha value is -2.95. The van der Waals surface area contributed by atoms with Crippen LogP contribution in [0.15, 0.2) is 64.2 Å². The van der Waals surface area contributed by atoms with E-state index in [-0.39, 0.29) is 30.0 Å². The quantitative estimate of drug-likeness (QED) is 0.235. The number of aromatic nitrogens is 1. The van der Waals surface area contributed by atoms with Crippen LogP contribution in [0.25, 0.3) is 11.5 Å². The summed E-state index contributed by atoms with van der Waals surface area (Å²) in [4.78, 5) is 11.6. The van der Waals surface area contributed by atoms with Crippen LogP contribution in [0.3, 0.4) is 0 Å². The Kier molecular flexibility index (Phi) is 9.43. The number of anilines is 1. The molecule has 3 aromatic rings. The lowest BCUT2D eigenvalue weighted by atomic mass is 10.2. The number of aliphatic imine (C=N–C) groups is 1. The van der Waals surface area contributed by atoms with E-state index in [9.17, 15) is 0 Å². The summed E-state index contributed by atoms with van der Waals surface area (Å²) >= 11 is 0. The van der Waals surface area contributed by atoms with Crippen molar-refractivity contribution in [2.45, 2.75) is 25.9 Å². The van der Waals surface area contributed by atoms with Gasteiger partial charge in [-0.3, -0.25) is 0 Å². The highest BCUT2D eigenvalue weighted by Crippen LogP contribution is 2.30. The molecule has 2 N–H and O–H groups in total. The summed E-state index contributed by atoms with van der Waals surface area (Å²) in [5, 5.41) is 6.89. The third kappa shape index (κ3) is 6.55. The van der Waals surface area contributed by atoms with Crippen LogP contribution in [0.1, 0.15) is 19.0 Å². The molecular weight excluding hydrogens is 545 g/mol. The van der Waals surface area contributed by atoms with Crippen molar-refractivity contribution in [3.8, 4) is 23.0 Å². The second kappa shape index (κ2) is 12.5. The summed E-state index contributed by atoms with van der Waals surface area (Å²) in [7, 11) is 3.34. The number of ether oxygens (including phenoxy) is 2. The number of halogens is 1. The zero-order chi connectivity index (χ0) is 23.0. The van der Waals surface area contributed by atoms with Gasteiger partial charge in [0, 0.05) is 55.1 Å². The van der Waals surface area contributed by atoms with Crippen molar-refractivity contribution in [2.24, 2.45) is 4.99 Å². The first-order valence-electron chi connectivity index (χ1n) is 11.2. The molecular formula is C25H32IN5O3. The first-order valence-corrected chi connectivity index (χ1v) is 11.2. The number of benzene rings is 2. The molecule has 8 nitrogen and oxygen atoms in total. The Balaban J connectivity index is 0.00000324. The molecule has 9 heteroatoms. The standard InChI is InChI=1S/C25H31N5O3.HI/c1-4-26-25(27-15-20-17-33-24(28-20)18-8-6-5-7-9-18)29-19-10-11-30(16-19)21-12-22(31-2)14-23(13-21)32-3;/h5-9,12-14,17,19H,4,10-11,15-16H2,1-3H3,(H2,26,27,29);1H. The summed E-state index contributed by atoms with van der Waals surface area (Å²) in [6.07, 6.45) is 2.68. The van der Waals surface area contributed by atoms with Crippen molar-refractivity contribution in [3.05, 3.63) is 60.5 Å². The van der Waals surface area contributed by atoms with Gasteiger partial charge in [0.1, 0.15) is 23.5 Å². The predicted molar refractivity (Wildman–Crippen MR) is 145 cm³/mol. The van der Waals surface area contributed by atoms with Gasteiger partial charge in [0.2, 0.25) is 5.89 Å². The first-order chi connectivity index (χ1) is 16.2. The largest absolute Gasteiger partial charge is 0.497 e. The molecule has 1 aliphatic heterocycles. The van der Waals surface area contributed by atoms with Gasteiger partial charge in [0.15, 0.2) is 5.96 Å². The van der Waals surface area contributed by atoms with Crippen LogP contribution in [-0.4, -0.2) is 50.8 Å². The monoisotopic (exact) mass is 577 g/mol. The van der Waals surface area contributed by atoms with Crippen molar-refractivity contribution in [3.63, 3.8) is 0 Å². The van der Waals surface area contributed by atoms with E-state index in [1.54, 1.807) is 20.5 Å². The lowest BCUT2D eigenvalue weighted by Crippen LogP contribution is -2.44. The zero-order valence-corrected chi connectivity index (χ0v) is 22.1. The number of guanidine groups is 1. The number of methoxy groups -OCH3 is 2. The molecule has 1 fully saturated rings. The molecule has 182 valence electrons. The summed E-state index contributed by atoms with van der Waals surface area (Å²) < 4.78 is 16.5. The van der Waals surface area contributed by atoms with Crippen LogP contribution in [0, 0.1) is 0 Å². The van der Waals surface area contributed by atoms with Crippen molar-refractivity contribution in [2.75, 3.05) is 38.8 Å². The van der Waals surface area contributed by atoms with Crippen LogP contribution in [-0.2, 0) is 6.54 Å². The van der Waals surface area contributed by atoms with Gasteiger partial charge in [-0.15, -0.1) is 24.0 Å². The van der Waals surface area contributed by atoms with Crippen LogP contribution >= 0.6 is 24.0 Å². The molecule has 1 unspecified atom stereocenters. The normalized spacial score (nSPS) is 15.6. The van der Waals surface area contributed by atoms with E-state index in [0.717, 1.165) is 60.5 Å². The summed E-state index contributed by atoms with van der Waals surface area (Å²) in [5.41, 5.74) is 2.84. The maximum absolute atomic E-state index is 5.63. The van der Waals surface area contributed by atoms with E-state index >= 15 is 0 Å². The average molecular weight is 577 g/mol. The SMILES string of the molecule is CCNC(=NCc1coc(-c2ccccc2)n1)NC1CCN(c2cc(OC)cc(OC)c2)C1.I. The third-order valence-corrected chi connectivity index (χ3v) is 5.55. The molecule has 1 atom stereocenters. The van der Waals surface area contributed by atoms with E-state index in [0.29, 0.717) is 12.4 Å². The number of rotatable bonds is 8. The fraction of sp³-hybridized carbons (Fsp3) is 0.360. The van der Waals surface area contributed by atoms with E-state index in [2.05, 4.69) is 27.4 Å². The Bertz CT molecular complexity index is 1050. The molecule has 0 radical (unpaired) electrons. The predicted octanol–water partition coefficient (Wildman–Crippen LogP) is 4.31. The molecule has 0 bridgehead atoms. The van der Waals surface area contributed by atoms with Gasteiger partial charge in [-0.05, 0) is 25.5 Å². The van der Waals surface area contributed by atoms with E-state index in [1.165, 1.54) is 0 Å². The van der Waals surface area contributed by atoms with E-state index in [4.69, 9.17) is 18.9 Å². The molecule has 2 heterocycles. The lowest BCUT2D eigenvalue weighted by molar-refractivity contribution is 0.394. The molecule has 0 amide bonds. The minimum atomic E-state index is 0. The topological polar surface area (TPSA) is 84.2 Å². The maximum atomic E-state index is 5.63. The highest BCUT2D eigenvalue weighted by molar-refractivity contribution is 14.0. The molecule has 0 spiro atoms. The van der Waals surface area contributed by atoms with Crippen LogP contribution in [0.5, 0.6) is 11.5 Å². The second-order valence-electron chi connectivity index (χ2n) is 7.85. The molecule has 34 heavy (non-hydrogen) atoms. The van der Waals surface area contributed by atoms with E-state index < -0.39 is 0 Å².